The highest BCUT2D eigenvalue weighted by molar-refractivity contribution is 5.20. The van der Waals surface area contributed by atoms with Crippen molar-refractivity contribution in [3.63, 3.8) is 0 Å². The minimum absolute atomic E-state index is 0.0520. The summed E-state index contributed by atoms with van der Waals surface area (Å²) in [5.41, 5.74) is 1.95. The summed E-state index contributed by atoms with van der Waals surface area (Å²) in [7, 11) is 0. The normalized spacial score (nSPS) is 14.8. The van der Waals surface area contributed by atoms with E-state index in [0.717, 1.165) is 42.8 Å². The molecule has 0 radical (unpaired) electrons. The van der Waals surface area contributed by atoms with Crippen LogP contribution in [-0.4, -0.2) is 23.2 Å². The number of ether oxygens (including phenoxy) is 1. The molecule has 16 heavy (non-hydrogen) atoms. The molecule has 0 amide bonds. The Bertz CT molecular complexity index is 412. The summed E-state index contributed by atoms with van der Waals surface area (Å²) < 4.78 is 5.26. The largest absolute Gasteiger partial charge is 0.381 e. The van der Waals surface area contributed by atoms with Gasteiger partial charge in [0.15, 0.2) is 0 Å². The Kier molecular flexibility index (Phi) is 3.72. The molecule has 0 atom stereocenters. The lowest BCUT2D eigenvalue weighted by molar-refractivity contribution is 0.149. The fourth-order valence-corrected chi connectivity index (χ4v) is 2.09. The minimum atomic E-state index is 0.0520. The Morgan fingerprint density at radius 3 is 3.00 bits per heavy atom. The molecular formula is C12H18N2O2. The second-order valence-corrected chi connectivity index (χ2v) is 4.09. The molecule has 4 nitrogen and oxygen atoms in total. The Morgan fingerprint density at radius 1 is 1.38 bits per heavy atom. The molecule has 0 spiro atoms. The lowest BCUT2D eigenvalue weighted by atomic mass is 9.97. The fourth-order valence-electron chi connectivity index (χ4n) is 2.09. The van der Waals surface area contributed by atoms with Crippen LogP contribution >= 0.6 is 0 Å². The van der Waals surface area contributed by atoms with Crippen LogP contribution in [0.1, 0.15) is 36.8 Å². The van der Waals surface area contributed by atoms with Gasteiger partial charge in [-0.3, -0.25) is 4.79 Å². The first kappa shape index (κ1) is 11.3. The quantitative estimate of drug-likeness (QED) is 0.779. The zero-order chi connectivity index (χ0) is 11.4. The first-order valence-electron chi connectivity index (χ1n) is 6.00. The van der Waals surface area contributed by atoms with Crippen LogP contribution < -0.4 is 5.56 Å². The van der Waals surface area contributed by atoms with Gasteiger partial charge in [0.2, 0.25) is 0 Å². The molecule has 1 aliphatic rings. The number of nitrogens with zero attached hydrogens (tertiary/aromatic N) is 1. The number of hydrogen-bond acceptors (Lipinski definition) is 3. The van der Waals surface area contributed by atoms with E-state index in [-0.39, 0.29) is 5.56 Å². The Morgan fingerprint density at radius 2 is 2.19 bits per heavy atom. The van der Waals surface area contributed by atoms with Crippen molar-refractivity contribution in [2.24, 2.45) is 0 Å². The maximum Gasteiger partial charge on any atom is 0.254 e. The molecule has 1 aromatic heterocycles. The third-order valence-corrected chi connectivity index (χ3v) is 2.93. The van der Waals surface area contributed by atoms with Crippen molar-refractivity contribution in [3.8, 4) is 0 Å². The molecule has 88 valence electrons. The predicted molar refractivity (Wildman–Crippen MR) is 61.7 cm³/mol. The van der Waals surface area contributed by atoms with Gasteiger partial charge in [-0.15, -0.1) is 0 Å². The summed E-state index contributed by atoms with van der Waals surface area (Å²) in [5, 5.41) is 0. The predicted octanol–water partition coefficient (Wildman–Crippen LogP) is 1.23. The van der Waals surface area contributed by atoms with Gasteiger partial charge in [0.25, 0.3) is 5.56 Å². The van der Waals surface area contributed by atoms with Gasteiger partial charge >= 0.3 is 0 Å². The van der Waals surface area contributed by atoms with Crippen LogP contribution in [-0.2, 0) is 24.0 Å². The highest BCUT2D eigenvalue weighted by atomic mass is 16.5. The van der Waals surface area contributed by atoms with Crippen LogP contribution in [0.2, 0.25) is 0 Å². The molecule has 1 N–H and O–H groups in total. The summed E-state index contributed by atoms with van der Waals surface area (Å²) in [6, 6.07) is 0. The Hall–Kier alpha value is -1.16. The van der Waals surface area contributed by atoms with Crippen molar-refractivity contribution in [1.29, 1.82) is 0 Å². The number of hydrogen-bond donors (Lipinski definition) is 1. The van der Waals surface area contributed by atoms with Gasteiger partial charge in [0, 0.05) is 18.6 Å². The van der Waals surface area contributed by atoms with E-state index in [2.05, 4.69) is 9.97 Å². The molecule has 0 aromatic carbocycles. The van der Waals surface area contributed by atoms with Crippen LogP contribution in [0.4, 0.5) is 0 Å². The minimum Gasteiger partial charge on any atom is -0.381 e. The monoisotopic (exact) mass is 222 g/mol. The van der Waals surface area contributed by atoms with Crippen molar-refractivity contribution in [3.05, 3.63) is 27.4 Å². The van der Waals surface area contributed by atoms with Gasteiger partial charge in [-0.25, -0.2) is 4.98 Å². The lowest BCUT2D eigenvalue weighted by Crippen LogP contribution is -2.23. The van der Waals surface area contributed by atoms with E-state index in [1.807, 2.05) is 6.92 Å². The summed E-state index contributed by atoms with van der Waals surface area (Å²) >= 11 is 0. The van der Waals surface area contributed by atoms with Gasteiger partial charge in [-0.2, -0.15) is 0 Å². The SMILES string of the molecule is CCOCCc1nc2c(c(=O)[nH]1)CCCC2. The molecule has 1 aliphatic carbocycles. The van der Waals surface area contributed by atoms with Gasteiger partial charge in [0.05, 0.1) is 12.3 Å². The van der Waals surface area contributed by atoms with E-state index in [9.17, 15) is 4.79 Å². The van der Waals surface area contributed by atoms with Crippen molar-refractivity contribution >= 4 is 0 Å². The number of nitrogens with one attached hydrogen (secondary N) is 1. The third kappa shape index (κ3) is 2.50. The van der Waals surface area contributed by atoms with Crippen LogP contribution in [0.5, 0.6) is 0 Å². The molecule has 4 heteroatoms. The summed E-state index contributed by atoms with van der Waals surface area (Å²) in [6.07, 6.45) is 4.77. The van der Waals surface area contributed by atoms with Crippen LogP contribution in [0, 0.1) is 0 Å². The van der Waals surface area contributed by atoms with Crippen molar-refractivity contribution in [1.82, 2.24) is 9.97 Å². The second kappa shape index (κ2) is 5.25. The average molecular weight is 222 g/mol. The van der Waals surface area contributed by atoms with E-state index in [1.54, 1.807) is 0 Å². The fraction of sp³-hybridized carbons (Fsp3) is 0.667. The summed E-state index contributed by atoms with van der Waals surface area (Å²) in [5.74, 6) is 0.763. The van der Waals surface area contributed by atoms with Crippen LogP contribution in [0.3, 0.4) is 0 Å². The van der Waals surface area contributed by atoms with Crippen LogP contribution in [0.15, 0.2) is 4.79 Å². The van der Waals surface area contributed by atoms with Gasteiger partial charge in [-0.1, -0.05) is 0 Å². The number of fused-ring (bicyclic) bond motifs is 1. The van der Waals surface area contributed by atoms with Crippen molar-refractivity contribution in [2.45, 2.75) is 39.0 Å². The van der Waals surface area contributed by atoms with E-state index < -0.39 is 0 Å². The van der Waals surface area contributed by atoms with Crippen molar-refractivity contribution < 1.29 is 4.74 Å². The third-order valence-electron chi connectivity index (χ3n) is 2.93. The van der Waals surface area contributed by atoms with Gasteiger partial charge in [-0.05, 0) is 32.6 Å². The van der Waals surface area contributed by atoms with Crippen LogP contribution in [0.25, 0.3) is 0 Å². The molecule has 0 aliphatic heterocycles. The Balaban J connectivity index is 2.15. The highest BCUT2D eigenvalue weighted by Crippen LogP contribution is 2.15. The first-order chi connectivity index (χ1) is 7.81. The van der Waals surface area contributed by atoms with E-state index >= 15 is 0 Å². The number of aryl methyl sites for hydroxylation is 1. The number of aromatic nitrogens is 2. The first-order valence-corrected chi connectivity index (χ1v) is 6.00. The maximum absolute atomic E-state index is 11.8. The summed E-state index contributed by atoms with van der Waals surface area (Å²) in [6.45, 7) is 3.29. The summed E-state index contributed by atoms with van der Waals surface area (Å²) in [4.78, 5) is 19.1. The molecule has 0 unspecified atom stereocenters. The standard InChI is InChI=1S/C12H18N2O2/c1-2-16-8-7-11-13-10-6-4-3-5-9(10)12(15)14-11/h2-8H2,1H3,(H,13,14,15). The topological polar surface area (TPSA) is 55.0 Å². The molecule has 0 bridgehead atoms. The maximum atomic E-state index is 11.8. The number of rotatable bonds is 4. The highest BCUT2D eigenvalue weighted by Gasteiger charge is 2.15. The molecule has 0 saturated heterocycles. The number of aromatic amines is 1. The zero-order valence-electron chi connectivity index (χ0n) is 9.71. The number of H-pyrrole nitrogens is 1. The smallest absolute Gasteiger partial charge is 0.254 e. The average Bonchev–Trinajstić information content (AvgIpc) is 2.30. The Labute approximate surface area is 95.1 Å². The molecular weight excluding hydrogens is 204 g/mol. The lowest BCUT2D eigenvalue weighted by Gasteiger charge is -2.14. The van der Waals surface area contributed by atoms with E-state index in [0.29, 0.717) is 19.6 Å². The molecule has 1 heterocycles. The zero-order valence-corrected chi connectivity index (χ0v) is 9.71. The van der Waals surface area contributed by atoms with Crippen molar-refractivity contribution in [2.75, 3.05) is 13.2 Å². The van der Waals surface area contributed by atoms with E-state index in [4.69, 9.17) is 4.74 Å². The van der Waals surface area contributed by atoms with E-state index in [1.165, 1.54) is 0 Å². The molecule has 2 rings (SSSR count). The van der Waals surface area contributed by atoms with Gasteiger partial charge in [0.1, 0.15) is 5.82 Å². The second-order valence-electron chi connectivity index (χ2n) is 4.09. The molecule has 1 aromatic rings. The van der Waals surface area contributed by atoms with Gasteiger partial charge < -0.3 is 9.72 Å². The molecule has 0 saturated carbocycles. The molecule has 0 fully saturated rings.